The van der Waals surface area contributed by atoms with Gasteiger partial charge >= 0.3 is 0 Å². The van der Waals surface area contributed by atoms with Crippen LogP contribution in [0.4, 0.5) is 4.39 Å². The van der Waals surface area contributed by atoms with E-state index in [0.29, 0.717) is 16.0 Å². The van der Waals surface area contributed by atoms with Crippen LogP contribution < -0.4 is 10.5 Å². The van der Waals surface area contributed by atoms with E-state index in [-0.39, 0.29) is 16.4 Å². The van der Waals surface area contributed by atoms with E-state index >= 15 is 0 Å². The van der Waals surface area contributed by atoms with Crippen molar-refractivity contribution in [3.8, 4) is 11.5 Å². The predicted octanol–water partition coefficient (Wildman–Crippen LogP) is 4.13. The number of carbonyl (C=O) groups is 1. The number of halogens is 3. The zero-order valence-electron chi connectivity index (χ0n) is 9.49. The second kappa shape index (κ2) is 5.59. The van der Waals surface area contributed by atoms with Crippen LogP contribution >= 0.6 is 27.5 Å². The summed E-state index contributed by atoms with van der Waals surface area (Å²) in [5.41, 5.74) is 5.36. The Morgan fingerprint density at radius 1 is 1.21 bits per heavy atom. The third-order valence-corrected chi connectivity index (χ3v) is 3.25. The van der Waals surface area contributed by atoms with Gasteiger partial charge in [-0.05, 0) is 46.3 Å². The zero-order valence-corrected chi connectivity index (χ0v) is 11.8. The maximum absolute atomic E-state index is 13.1. The van der Waals surface area contributed by atoms with Gasteiger partial charge in [0, 0.05) is 6.07 Å². The van der Waals surface area contributed by atoms with Crippen LogP contribution in [0.25, 0.3) is 0 Å². The number of nitrogens with two attached hydrogens (primary N) is 1. The standard InChI is InChI=1S/C13H8BrClFNO2/c14-10-5-7(2-4-12(10)16)19-8-1-3-9(13(17)18)11(15)6-8/h1-6H,(H2,17,18). The summed E-state index contributed by atoms with van der Waals surface area (Å²) >= 11 is 8.96. The molecular formula is C13H8BrClFNO2. The molecule has 0 heterocycles. The lowest BCUT2D eigenvalue weighted by Crippen LogP contribution is -2.11. The highest BCUT2D eigenvalue weighted by molar-refractivity contribution is 9.10. The van der Waals surface area contributed by atoms with Crippen molar-refractivity contribution in [2.45, 2.75) is 0 Å². The number of carbonyl (C=O) groups excluding carboxylic acids is 1. The fourth-order valence-corrected chi connectivity index (χ4v) is 2.06. The molecule has 0 aromatic heterocycles. The quantitative estimate of drug-likeness (QED) is 0.910. The summed E-state index contributed by atoms with van der Waals surface area (Å²) in [6, 6.07) is 8.75. The molecule has 3 nitrogen and oxygen atoms in total. The van der Waals surface area contributed by atoms with E-state index in [0.717, 1.165) is 0 Å². The van der Waals surface area contributed by atoms with Crippen molar-refractivity contribution in [2.75, 3.05) is 0 Å². The minimum Gasteiger partial charge on any atom is -0.457 e. The summed E-state index contributed by atoms with van der Waals surface area (Å²) in [7, 11) is 0. The Bertz CT molecular complexity index is 649. The minimum atomic E-state index is -0.610. The highest BCUT2D eigenvalue weighted by atomic mass is 79.9. The maximum atomic E-state index is 13.1. The highest BCUT2D eigenvalue weighted by Gasteiger charge is 2.08. The summed E-state index contributed by atoms with van der Waals surface area (Å²) in [4.78, 5) is 11.0. The number of rotatable bonds is 3. The van der Waals surface area contributed by atoms with Crippen LogP contribution in [-0.2, 0) is 0 Å². The van der Waals surface area contributed by atoms with E-state index in [9.17, 15) is 9.18 Å². The summed E-state index contributed by atoms with van der Waals surface area (Å²) in [6.07, 6.45) is 0. The SMILES string of the molecule is NC(=O)c1ccc(Oc2ccc(F)c(Br)c2)cc1Cl. The lowest BCUT2D eigenvalue weighted by Gasteiger charge is -2.08. The molecule has 0 saturated carbocycles. The molecule has 0 aliphatic rings. The van der Waals surface area contributed by atoms with Crippen molar-refractivity contribution >= 4 is 33.4 Å². The highest BCUT2D eigenvalue weighted by Crippen LogP contribution is 2.29. The molecule has 0 aliphatic carbocycles. The van der Waals surface area contributed by atoms with E-state index in [4.69, 9.17) is 22.1 Å². The van der Waals surface area contributed by atoms with Crippen molar-refractivity contribution in [2.24, 2.45) is 5.73 Å². The Kier molecular flexibility index (Phi) is 4.07. The third kappa shape index (κ3) is 3.24. The van der Waals surface area contributed by atoms with Crippen LogP contribution in [0.3, 0.4) is 0 Å². The molecule has 98 valence electrons. The largest absolute Gasteiger partial charge is 0.457 e. The lowest BCUT2D eigenvalue weighted by atomic mass is 10.2. The lowest BCUT2D eigenvalue weighted by molar-refractivity contribution is 0.100. The van der Waals surface area contributed by atoms with Crippen LogP contribution in [0, 0.1) is 5.82 Å². The molecule has 2 N–H and O–H groups in total. The minimum absolute atomic E-state index is 0.200. The molecular weight excluding hydrogens is 337 g/mol. The normalized spacial score (nSPS) is 10.3. The van der Waals surface area contributed by atoms with E-state index < -0.39 is 5.91 Å². The van der Waals surface area contributed by atoms with E-state index in [1.165, 1.54) is 30.3 Å². The summed E-state index contributed by atoms with van der Waals surface area (Å²) in [5, 5.41) is 0.200. The fourth-order valence-electron chi connectivity index (χ4n) is 1.44. The number of hydrogen-bond donors (Lipinski definition) is 1. The Morgan fingerprint density at radius 3 is 2.42 bits per heavy atom. The molecule has 2 rings (SSSR count). The molecule has 0 aliphatic heterocycles. The van der Waals surface area contributed by atoms with Gasteiger partial charge in [-0.3, -0.25) is 4.79 Å². The average molecular weight is 345 g/mol. The molecule has 2 aromatic rings. The van der Waals surface area contributed by atoms with Crippen LogP contribution in [0.2, 0.25) is 5.02 Å². The first kappa shape index (κ1) is 13.8. The van der Waals surface area contributed by atoms with Gasteiger partial charge in [0.05, 0.1) is 15.1 Å². The smallest absolute Gasteiger partial charge is 0.250 e. The second-order valence-electron chi connectivity index (χ2n) is 3.68. The van der Waals surface area contributed by atoms with Gasteiger partial charge in [-0.25, -0.2) is 4.39 Å². The average Bonchev–Trinajstić information content (AvgIpc) is 2.33. The summed E-state index contributed by atoms with van der Waals surface area (Å²) < 4.78 is 18.9. The Hall–Kier alpha value is -1.59. The molecule has 1 amide bonds. The summed E-state index contributed by atoms with van der Waals surface area (Å²) in [5.74, 6) is -0.125. The van der Waals surface area contributed by atoms with Gasteiger partial charge in [0.1, 0.15) is 17.3 Å². The summed E-state index contributed by atoms with van der Waals surface area (Å²) in [6.45, 7) is 0. The first-order chi connectivity index (χ1) is 8.97. The molecule has 0 bridgehead atoms. The van der Waals surface area contributed by atoms with Gasteiger partial charge in [-0.1, -0.05) is 11.6 Å². The van der Waals surface area contributed by atoms with Crippen LogP contribution in [0.15, 0.2) is 40.9 Å². The van der Waals surface area contributed by atoms with Crippen molar-refractivity contribution in [3.63, 3.8) is 0 Å². The van der Waals surface area contributed by atoms with Gasteiger partial charge < -0.3 is 10.5 Å². The van der Waals surface area contributed by atoms with E-state index in [1.807, 2.05) is 0 Å². The first-order valence-corrected chi connectivity index (χ1v) is 6.37. The molecule has 0 fully saturated rings. The first-order valence-electron chi connectivity index (χ1n) is 5.19. The monoisotopic (exact) mass is 343 g/mol. The molecule has 0 atom stereocenters. The van der Waals surface area contributed by atoms with Crippen molar-refractivity contribution < 1.29 is 13.9 Å². The number of amides is 1. The van der Waals surface area contributed by atoms with Gasteiger partial charge in [-0.15, -0.1) is 0 Å². The molecule has 6 heteroatoms. The second-order valence-corrected chi connectivity index (χ2v) is 4.95. The van der Waals surface area contributed by atoms with E-state index in [2.05, 4.69) is 15.9 Å². The molecule has 19 heavy (non-hydrogen) atoms. The molecule has 0 unspecified atom stereocenters. The molecule has 0 spiro atoms. The maximum Gasteiger partial charge on any atom is 0.250 e. The van der Waals surface area contributed by atoms with Crippen LogP contribution in [0.1, 0.15) is 10.4 Å². The number of primary amides is 1. The van der Waals surface area contributed by atoms with Crippen LogP contribution in [0.5, 0.6) is 11.5 Å². The predicted molar refractivity (Wildman–Crippen MR) is 74.1 cm³/mol. The molecule has 0 saturated heterocycles. The topological polar surface area (TPSA) is 52.3 Å². The Labute approximate surface area is 122 Å². The van der Waals surface area contributed by atoms with Gasteiger partial charge in [-0.2, -0.15) is 0 Å². The fraction of sp³-hybridized carbons (Fsp3) is 0. The Balaban J connectivity index is 2.26. The number of hydrogen-bond acceptors (Lipinski definition) is 2. The van der Waals surface area contributed by atoms with Crippen molar-refractivity contribution in [3.05, 3.63) is 57.3 Å². The zero-order chi connectivity index (χ0) is 14.0. The number of ether oxygens (including phenoxy) is 1. The van der Waals surface area contributed by atoms with Gasteiger partial charge in [0.2, 0.25) is 5.91 Å². The van der Waals surface area contributed by atoms with E-state index in [1.54, 1.807) is 6.07 Å². The van der Waals surface area contributed by atoms with Crippen molar-refractivity contribution in [1.82, 2.24) is 0 Å². The molecule has 2 aromatic carbocycles. The number of benzene rings is 2. The molecule has 0 radical (unpaired) electrons. The van der Waals surface area contributed by atoms with Gasteiger partial charge in [0.25, 0.3) is 0 Å². The van der Waals surface area contributed by atoms with Crippen LogP contribution in [-0.4, -0.2) is 5.91 Å². The Morgan fingerprint density at radius 2 is 1.84 bits per heavy atom. The van der Waals surface area contributed by atoms with Gasteiger partial charge in [0.15, 0.2) is 0 Å². The third-order valence-electron chi connectivity index (χ3n) is 2.33. The van der Waals surface area contributed by atoms with Crippen molar-refractivity contribution in [1.29, 1.82) is 0 Å².